The fraction of sp³-hybridized carbons (Fsp3) is 0.316. The zero-order chi connectivity index (χ0) is 17.5. The molecule has 2 atom stereocenters. The number of nitrogens with two attached hydrogens (primary N) is 1. The van der Waals surface area contributed by atoms with Crippen LogP contribution in [0.1, 0.15) is 36.6 Å². The zero-order valence-corrected chi connectivity index (χ0v) is 15.5. The number of carbonyl (C=O) groups is 1. The van der Waals surface area contributed by atoms with Gasteiger partial charge in [0.25, 0.3) is 0 Å². The van der Waals surface area contributed by atoms with E-state index in [0.717, 1.165) is 11.1 Å². The van der Waals surface area contributed by atoms with E-state index >= 15 is 0 Å². The number of hydrogen-bond donors (Lipinski definition) is 2. The standard InChI is InChI=1S/C19H24N2O3.ClH/c1-13(15-9-10-17(23-2)18(11-15)24-3)21-19(22)12-16(20)14-7-5-4-6-8-14;/h4-11,13,16H,12,20H2,1-3H3,(H,21,22);1H. The maximum atomic E-state index is 12.2. The topological polar surface area (TPSA) is 73.6 Å². The molecule has 0 spiro atoms. The van der Waals surface area contributed by atoms with Gasteiger partial charge in [-0.25, -0.2) is 0 Å². The van der Waals surface area contributed by atoms with E-state index in [4.69, 9.17) is 15.2 Å². The van der Waals surface area contributed by atoms with Crippen LogP contribution >= 0.6 is 12.4 Å². The first-order valence-corrected chi connectivity index (χ1v) is 7.87. The molecule has 0 saturated heterocycles. The van der Waals surface area contributed by atoms with E-state index in [1.165, 1.54) is 0 Å². The lowest BCUT2D eigenvalue weighted by atomic mass is 10.0. The van der Waals surface area contributed by atoms with Gasteiger partial charge in [0.05, 0.1) is 20.3 Å². The first-order valence-electron chi connectivity index (χ1n) is 7.87. The molecule has 5 nitrogen and oxygen atoms in total. The summed E-state index contributed by atoms with van der Waals surface area (Å²) < 4.78 is 10.5. The van der Waals surface area contributed by atoms with E-state index in [9.17, 15) is 4.79 Å². The Labute approximate surface area is 154 Å². The molecule has 0 heterocycles. The van der Waals surface area contributed by atoms with Crippen LogP contribution in [0.25, 0.3) is 0 Å². The first-order chi connectivity index (χ1) is 11.5. The second-order valence-electron chi connectivity index (χ2n) is 5.62. The van der Waals surface area contributed by atoms with E-state index in [2.05, 4.69) is 5.32 Å². The number of carbonyl (C=O) groups excluding carboxylic acids is 1. The average molecular weight is 365 g/mol. The summed E-state index contributed by atoms with van der Waals surface area (Å²) in [6, 6.07) is 14.7. The van der Waals surface area contributed by atoms with Crippen molar-refractivity contribution in [2.24, 2.45) is 5.73 Å². The summed E-state index contributed by atoms with van der Waals surface area (Å²) in [5, 5.41) is 2.97. The lowest BCUT2D eigenvalue weighted by Gasteiger charge is -2.18. The molecule has 2 rings (SSSR count). The molecule has 0 aliphatic carbocycles. The normalized spacial score (nSPS) is 12.5. The Morgan fingerprint density at radius 2 is 1.68 bits per heavy atom. The van der Waals surface area contributed by atoms with Crippen LogP contribution in [0.15, 0.2) is 48.5 Å². The van der Waals surface area contributed by atoms with Gasteiger partial charge in [-0.3, -0.25) is 4.79 Å². The Morgan fingerprint density at radius 1 is 1.04 bits per heavy atom. The summed E-state index contributed by atoms with van der Waals surface area (Å²) in [6.45, 7) is 1.92. The van der Waals surface area contributed by atoms with Gasteiger partial charge in [-0.2, -0.15) is 0 Å². The summed E-state index contributed by atoms with van der Waals surface area (Å²) >= 11 is 0. The van der Waals surface area contributed by atoms with Crippen molar-refractivity contribution < 1.29 is 14.3 Å². The van der Waals surface area contributed by atoms with E-state index in [-0.39, 0.29) is 36.8 Å². The zero-order valence-electron chi connectivity index (χ0n) is 14.7. The molecule has 0 aromatic heterocycles. The summed E-state index contributed by atoms with van der Waals surface area (Å²) in [6.07, 6.45) is 0.238. The molecule has 2 unspecified atom stereocenters. The fourth-order valence-corrected chi connectivity index (χ4v) is 2.52. The summed E-state index contributed by atoms with van der Waals surface area (Å²) in [7, 11) is 3.18. The van der Waals surface area contributed by atoms with Gasteiger partial charge in [-0.05, 0) is 30.2 Å². The molecule has 0 aliphatic heterocycles. The monoisotopic (exact) mass is 364 g/mol. The van der Waals surface area contributed by atoms with Gasteiger partial charge in [-0.15, -0.1) is 12.4 Å². The summed E-state index contributed by atoms with van der Waals surface area (Å²) in [4.78, 5) is 12.2. The lowest BCUT2D eigenvalue weighted by Crippen LogP contribution is -2.29. The third-order valence-corrected chi connectivity index (χ3v) is 3.92. The first kappa shape index (κ1) is 20.8. The van der Waals surface area contributed by atoms with Gasteiger partial charge >= 0.3 is 0 Å². The minimum absolute atomic E-state index is 0. The van der Waals surface area contributed by atoms with Crippen molar-refractivity contribution in [3.05, 3.63) is 59.7 Å². The van der Waals surface area contributed by atoms with Gasteiger partial charge in [0.1, 0.15) is 0 Å². The highest BCUT2D eigenvalue weighted by Crippen LogP contribution is 2.30. The molecule has 0 bridgehead atoms. The maximum absolute atomic E-state index is 12.2. The van der Waals surface area contributed by atoms with Crippen molar-refractivity contribution in [1.29, 1.82) is 0 Å². The van der Waals surface area contributed by atoms with Crippen molar-refractivity contribution >= 4 is 18.3 Å². The molecular weight excluding hydrogens is 340 g/mol. The number of rotatable bonds is 7. The van der Waals surface area contributed by atoms with E-state index in [0.29, 0.717) is 11.5 Å². The number of benzene rings is 2. The number of nitrogens with one attached hydrogen (secondary N) is 1. The Bertz CT molecular complexity index is 680. The van der Waals surface area contributed by atoms with Crippen LogP contribution in [0.3, 0.4) is 0 Å². The molecule has 0 saturated carbocycles. The van der Waals surface area contributed by atoms with Gasteiger partial charge in [0.15, 0.2) is 11.5 Å². The van der Waals surface area contributed by atoms with Crippen LogP contribution in [0.2, 0.25) is 0 Å². The molecule has 3 N–H and O–H groups in total. The Balaban J connectivity index is 0.00000312. The second kappa shape index (κ2) is 9.91. The quantitative estimate of drug-likeness (QED) is 0.789. The lowest BCUT2D eigenvalue weighted by molar-refractivity contribution is -0.122. The highest BCUT2D eigenvalue weighted by atomic mass is 35.5. The second-order valence-corrected chi connectivity index (χ2v) is 5.62. The molecule has 2 aromatic carbocycles. The van der Waals surface area contributed by atoms with Crippen LogP contribution in [0.5, 0.6) is 11.5 Å². The van der Waals surface area contributed by atoms with Crippen LogP contribution in [0, 0.1) is 0 Å². The Hall–Kier alpha value is -2.24. The van der Waals surface area contributed by atoms with Crippen LogP contribution < -0.4 is 20.5 Å². The van der Waals surface area contributed by atoms with Crippen molar-refractivity contribution in [1.82, 2.24) is 5.32 Å². The summed E-state index contributed by atoms with van der Waals surface area (Å²) in [5.74, 6) is 1.21. The number of amides is 1. The number of halogens is 1. The number of methoxy groups -OCH3 is 2. The molecular formula is C19H25ClN2O3. The third kappa shape index (κ3) is 5.66. The van der Waals surface area contributed by atoms with Gasteiger partial charge in [0.2, 0.25) is 5.91 Å². The molecule has 2 aromatic rings. The Morgan fingerprint density at radius 3 is 2.28 bits per heavy atom. The highest BCUT2D eigenvalue weighted by Gasteiger charge is 2.15. The van der Waals surface area contributed by atoms with E-state index in [1.807, 2.05) is 55.5 Å². The largest absolute Gasteiger partial charge is 0.493 e. The predicted molar refractivity (Wildman–Crippen MR) is 101 cm³/mol. The van der Waals surface area contributed by atoms with E-state index < -0.39 is 0 Å². The Kier molecular flexibility index (Phi) is 8.25. The minimum Gasteiger partial charge on any atom is -0.493 e. The number of hydrogen-bond acceptors (Lipinski definition) is 4. The molecule has 0 aliphatic rings. The van der Waals surface area contributed by atoms with Crippen LogP contribution in [-0.2, 0) is 4.79 Å². The van der Waals surface area contributed by atoms with Gasteiger partial charge in [-0.1, -0.05) is 36.4 Å². The molecule has 25 heavy (non-hydrogen) atoms. The van der Waals surface area contributed by atoms with Crippen LogP contribution in [0.4, 0.5) is 0 Å². The highest BCUT2D eigenvalue weighted by molar-refractivity contribution is 5.85. The van der Waals surface area contributed by atoms with Gasteiger partial charge < -0.3 is 20.5 Å². The maximum Gasteiger partial charge on any atom is 0.222 e. The van der Waals surface area contributed by atoms with Gasteiger partial charge in [0, 0.05) is 12.5 Å². The average Bonchev–Trinajstić information content (AvgIpc) is 2.61. The predicted octanol–water partition coefficient (Wildman–Crippen LogP) is 3.39. The van der Waals surface area contributed by atoms with E-state index in [1.54, 1.807) is 14.2 Å². The van der Waals surface area contributed by atoms with Crippen molar-refractivity contribution in [2.75, 3.05) is 14.2 Å². The van der Waals surface area contributed by atoms with Crippen LogP contribution in [-0.4, -0.2) is 20.1 Å². The van der Waals surface area contributed by atoms with Crippen molar-refractivity contribution in [3.63, 3.8) is 0 Å². The molecule has 0 radical (unpaired) electrons. The third-order valence-electron chi connectivity index (χ3n) is 3.92. The molecule has 136 valence electrons. The molecule has 6 heteroatoms. The SMILES string of the molecule is COc1ccc(C(C)NC(=O)CC(N)c2ccccc2)cc1OC.Cl. The number of ether oxygens (including phenoxy) is 2. The van der Waals surface area contributed by atoms with Crippen molar-refractivity contribution in [2.45, 2.75) is 25.4 Å². The fourth-order valence-electron chi connectivity index (χ4n) is 2.52. The molecule has 1 amide bonds. The smallest absolute Gasteiger partial charge is 0.222 e. The van der Waals surface area contributed by atoms with Crippen molar-refractivity contribution in [3.8, 4) is 11.5 Å². The molecule has 0 fully saturated rings. The minimum atomic E-state index is -0.316. The summed E-state index contributed by atoms with van der Waals surface area (Å²) in [5.41, 5.74) is 7.99.